The number of amides is 1. The quantitative estimate of drug-likeness (QED) is 0.725. The molecule has 0 bridgehead atoms. The van der Waals surface area contributed by atoms with Crippen LogP contribution in [0.5, 0.6) is 0 Å². The molecule has 0 saturated heterocycles. The topological polar surface area (TPSA) is 81.2 Å². The number of hydrogen-bond acceptors (Lipinski definition) is 6. The molecule has 6 nitrogen and oxygen atoms in total. The predicted molar refractivity (Wildman–Crippen MR) is 84.0 cm³/mol. The summed E-state index contributed by atoms with van der Waals surface area (Å²) in [5, 5.41) is 10.4. The molecule has 114 valence electrons. The van der Waals surface area contributed by atoms with Crippen molar-refractivity contribution in [3.8, 4) is 10.9 Å². The number of fused-ring (bicyclic) bond motifs is 1. The van der Waals surface area contributed by atoms with Crippen LogP contribution in [0, 0.1) is 12.8 Å². The van der Waals surface area contributed by atoms with Crippen molar-refractivity contribution < 1.29 is 9.21 Å². The summed E-state index contributed by atoms with van der Waals surface area (Å²) in [6.45, 7) is 1.97. The lowest BCUT2D eigenvalue weighted by Crippen LogP contribution is -2.34. The van der Waals surface area contributed by atoms with Crippen molar-refractivity contribution >= 4 is 23.3 Å². The van der Waals surface area contributed by atoms with E-state index in [0.29, 0.717) is 28.6 Å². The Bertz CT molecular complexity index is 1010. The zero-order valence-corrected chi connectivity index (χ0v) is 13.1. The van der Waals surface area contributed by atoms with Gasteiger partial charge >= 0.3 is 0 Å². The first-order chi connectivity index (χ1) is 11.2. The lowest BCUT2D eigenvalue weighted by atomic mass is 10.0. The number of carbonyl (C=O) groups is 1. The van der Waals surface area contributed by atoms with Gasteiger partial charge in [-0.15, -0.1) is 21.5 Å². The molecule has 1 unspecified atom stereocenters. The molecule has 0 spiro atoms. The van der Waals surface area contributed by atoms with E-state index in [2.05, 4.69) is 20.2 Å². The Morgan fingerprint density at radius 3 is 2.96 bits per heavy atom. The number of aryl methyl sites for hydroxylation is 1. The van der Waals surface area contributed by atoms with E-state index in [-0.39, 0.29) is 11.8 Å². The fraction of sp³-hybridized carbons (Fsp3) is 0.188. The number of rotatable bonds is 3. The monoisotopic (exact) mass is 324 g/mol. The van der Waals surface area contributed by atoms with Crippen LogP contribution in [-0.2, 0) is 11.2 Å². The van der Waals surface area contributed by atoms with Gasteiger partial charge in [0.15, 0.2) is 5.01 Å². The fourth-order valence-electron chi connectivity index (χ4n) is 2.43. The average Bonchev–Trinajstić information content (AvgIpc) is 3.17. The van der Waals surface area contributed by atoms with Crippen molar-refractivity contribution in [2.24, 2.45) is 10.9 Å². The predicted octanol–water partition coefficient (Wildman–Crippen LogP) is 1.30. The molecule has 0 saturated carbocycles. The van der Waals surface area contributed by atoms with Gasteiger partial charge in [-0.05, 0) is 18.2 Å². The summed E-state index contributed by atoms with van der Waals surface area (Å²) >= 11 is 1.49. The summed E-state index contributed by atoms with van der Waals surface area (Å²) in [5.41, 5.74) is 0. The van der Waals surface area contributed by atoms with Gasteiger partial charge in [-0.25, -0.2) is 9.98 Å². The van der Waals surface area contributed by atoms with E-state index >= 15 is 0 Å². The summed E-state index contributed by atoms with van der Waals surface area (Å²) in [6.07, 6.45) is 4.01. The maximum Gasteiger partial charge on any atom is 0.276 e. The Hall–Kier alpha value is -2.67. The van der Waals surface area contributed by atoms with Crippen LogP contribution < -0.4 is 10.6 Å². The van der Waals surface area contributed by atoms with E-state index in [4.69, 9.17) is 4.42 Å². The Labute approximate surface area is 135 Å². The minimum absolute atomic E-state index is 0.187. The minimum atomic E-state index is -0.378. The Morgan fingerprint density at radius 1 is 1.26 bits per heavy atom. The van der Waals surface area contributed by atoms with Crippen molar-refractivity contribution in [1.82, 2.24) is 15.2 Å². The van der Waals surface area contributed by atoms with E-state index in [1.165, 1.54) is 11.3 Å². The van der Waals surface area contributed by atoms with Crippen molar-refractivity contribution in [2.75, 3.05) is 0 Å². The molecule has 0 N–H and O–H groups in total. The molecule has 0 radical (unpaired) electrons. The second-order valence-corrected chi connectivity index (χ2v) is 6.50. The number of thiazole rings is 1. The third-order valence-corrected chi connectivity index (χ3v) is 4.43. The normalized spacial score (nSPS) is 16.6. The van der Waals surface area contributed by atoms with Gasteiger partial charge in [0.05, 0.1) is 11.3 Å². The molecule has 7 heteroatoms. The molecule has 23 heavy (non-hydrogen) atoms. The summed E-state index contributed by atoms with van der Waals surface area (Å²) in [7, 11) is 0. The van der Waals surface area contributed by atoms with E-state index < -0.39 is 0 Å². The first-order valence-electron chi connectivity index (χ1n) is 7.14. The summed E-state index contributed by atoms with van der Waals surface area (Å²) < 4.78 is 5.63. The molecular formula is C16H12N4O2S. The lowest BCUT2D eigenvalue weighted by molar-refractivity contribution is -0.120. The SMILES string of the molecule is Cc1cnc(-c2nnc(CC3C=c4ccccc4=NC3=O)o2)s1. The van der Waals surface area contributed by atoms with Gasteiger partial charge in [-0.3, -0.25) is 4.79 Å². The largest absolute Gasteiger partial charge is 0.419 e. The standard InChI is InChI=1S/C16H12N4O2S/c1-9-8-17-16(23-9)15-20-19-13(22-15)7-11-6-10-4-2-3-5-12(10)18-14(11)21/h2-6,8,11H,7H2,1H3. The third kappa shape index (κ3) is 2.70. The molecule has 2 aromatic heterocycles. The molecule has 0 fully saturated rings. The van der Waals surface area contributed by atoms with E-state index in [1.54, 1.807) is 6.20 Å². The van der Waals surface area contributed by atoms with Crippen LogP contribution in [0.1, 0.15) is 10.8 Å². The highest BCUT2D eigenvalue weighted by Crippen LogP contribution is 2.24. The number of aromatic nitrogens is 3. The van der Waals surface area contributed by atoms with E-state index in [0.717, 1.165) is 10.1 Å². The molecular weight excluding hydrogens is 312 g/mol. The Balaban J connectivity index is 1.61. The summed E-state index contributed by atoms with van der Waals surface area (Å²) in [4.78, 5) is 21.6. The van der Waals surface area contributed by atoms with Crippen LogP contribution in [0.4, 0.5) is 0 Å². The summed E-state index contributed by atoms with van der Waals surface area (Å²) in [5.74, 6) is 0.237. The Kier molecular flexibility index (Phi) is 3.34. The number of hydrogen-bond donors (Lipinski definition) is 0. The van der Waals surface area contributed by atoms with Crippen LogP contribution >= 0.6 is 11.3 Å². The Morgan fingerprint density at radius 2 is 2.13 bits per heavy atom. The maximum atomic E-state index is 12.1. The second-order valence-electron chi connectivity index (χ2n) is 5.26. The number of carbonyl (C=O) groups excluding carboxylic acids is 1. The fourth-order valence-corrected chi connectivity index (χ4v) is 3.12. The number of nitrogens with zero attached hydrogens (tertiary/aromatic N) is 4. The van der Waals surface area contributed by atoms with Crippen molar-refractivity contribution in [3.63, 3.8) is 0 Å². The smallest absolute Gasteiger partial charge is 0.276 e. The van der Waals surface area contributed by atoms with Crippen molar-refractivity contribution in [2.45, 2.75) is 13.3 Å². The zero-order chi connectivity index (χ0) is 15.8. The van der Waals surface area contributed by atoms with Crippen LogP contribution in [0.2, 0.25) is 0 Å². The first-order valence-corrected chi connectivity index (χ1v) is 7.95. The van der Waals surface area contributed by atoms with Gasteiger partial charge in [-0.1, -0.05) is 24.3 Å². The van der Waals surface area contributed by atoms with Gasteiger partial charge in [0.25, 0.3) is 11.8 Å². The van der Waals surface area contributed by atoms with E-state index in [9.17, 15) is 4.79 Å². The molecule has 1 aromatic carbocycles. The van der Waals surface area contributed by atoms with Gasteiger partial charge in [0.1, 0.15) is 0 Å². The molecule has 3 aromatic rings. The van der Waals surface area contributed by atoms with E-state index in [1.807, 2.05) is 37.3 Å². The number of benzene rings is 1. The van der Waals surface area contributed by atoms with Gasteiger partial charge in [0.2, 0.25) is 5.89 Å². The van der Waals surface area contributed by atoms with Gasteiger partial charge in [0, 0.05) is 17.5 Å². The minimum Gasteiger partial charge on any atom is -0.419 e. The van der Waals surface area contributed by atoms with Gasteiger partial charge < -0.3 is 4.42 Å². The highest BCUT2D eigenvalue weighted by Gasteiger charge is 2.22. The molecule has 1 amide bonds. The highest BCUT2D eigenvalue weighted by molar-refractivity contribution is 7.14. The molecule has 4 rings (SSSR count). The molecule has 3 heterocycles. The maximum absolute atomic E-state index is 12.1. The molecule has 0 aliphatic carbocycles. The third-order valence-electron chi connectivity index (χ3n) is 3.53. The first kappa shape index (κ1) is 14.0. The lowest BCUT2D eigenvalue weighted by Gasteiger charge is -2.09. The van der Waals surface area contributed by atoms with Crippen molar-refractivity contribution in [1.29, 1.82) is 0 Å². The summed E-state index contributed by atoms with van der Waals surface area (Å²) in [6, 6.07) is 7.56. The highest BCUT2D eigenvalue weighted by atomic mass is 32.1. The molecule has 1 aliphatic rings. The zero-order valence-electron chi connectivity index (χ0n) is 12.3. The van der Waals surface area contributed by atoms with Crippen molar-refractivity contribution in [3.05, 3.63) is 51.8 Å². The van der Waals surface area contributed by atoms with Crippen LogP contribution in [0.3, 0.4) is 0 Å². The van der Waals surface area contributed by atoms with Crippen LogP contribution in [0.15, 0.2) is 39.9 Å². The molecule has 1 atom stereocenters. The second kappa shape index (κ2) is 5.51. The molecule has 1 aliphatic heterocycles. The van der Waals surface area contributed by atoms with Crippen LogP contribution in [0.25, 0.3) is 17.0 Å². The average molecular weight is 324 g/mol. The van der Waals surface area contributed by atoms with Crippen LogP contribution in [-0.4, -0.2) is 21.1 Å². The van der Waals surface area contributed by atoms with Gasteiger partial charge in [-0.2, -0.15) is 0 Å². The number of para-hydroxylation sites is 1.